The highest BCUT2D eigenvalue weighted by Gasteiger charge is 2.21. The standard InChI is InChI=1S/C15H13BrN2O3/c1-18(2)15-11-9-10-5-3-4-6-12(10)17-13(11)7-8-14(15)21-16(19)20/h3-9H,1-2H3. The Morgan fingerprint density at radius 3 is 2.52 bits per heavy atom. The van der Waals surface area contributed by atoms with Crippen molar-refractivity contribution in [3.8, 4) is 5.75 Å². The van der Waals surface area contributed by atoms with E-state index < -0.39 is 14.8 Å². The molecule has 21 heavy (non-hydrogen) atoms. The normalized spacial score (nSPS) is 11.3. The zero-order chi connectivity index (χ0) is 15.0. The molecular formula is C15H13BrN2O3. The first-order chi connectivity index (χ1) is 10.1. The van der Waals surface area contributed by atoms with Crippen LogP contribution in [0, 0.1) is 14.8 Å². The second-order valence-corrected chi connectivity index (χ2v) is 5.94. The largest absolute Gasteiger partial charge is 0.501 e. The molecular weight excluding hydrogens is 336 g/mol. The van der Waals surface area contributed by atoms with Crippen LogP contribution in [0.5, 0.6) is 5.75 Å². The molecule has 0 amide bonds. The Morgan fingerprint density at radius 1 is 1.05 bits per heavy atom. The summed E-state index contributed by atoms with van der Waals surface area (Å²) in [5.41, 5.74) is 2.41. The van der Waals surface area contributed by atoms with E-state index in [9.17, 15) is 8.40 Å². The maximum absolute atomic E-state index is 10.9. The van der Waals surface area contributed by atoms with Gasteiger partial charge in [-0.2, -0.15) is 0 Å². The van der Waals surface area contributed by atoms with Crippen molar-refractivity contribution in [3.63, 3.8) is 0 Å². The van der Waals surface area contributed by atoms with Crippen molar-refractivity contribution >= 4 is 27.5 Å². The van der Waals surface area contributed by atoms with Gasteiger partial charge in [0.2, 0.25) is 0 Å². The molecule has 0 bridgehead atoms. The molecule has 6 heteroatoms. The van der Waals surface area contributed by atoms with E-state index >= 15 is 0 Å². The summed E-state index contributed by atoms with van der Waals surface area (Å²) in [7, 11) is 3.69. The summed E-state index contributed by atoms with van der Waals surface area (Å²) < 4.78 is 26.8. The topological polar surface area (TPSA) is 71.5 Å². The van der Waals surface area contributed by atoms with Crippen molar-refractivity contribution in [1.82, 2.24) is 4.98 Å². The third kappa shape index (κ3) is 2.65. The number of para-hydroxylation sites is 1. The van der Waals surface area contributed by atoms with Gasteiger partial charge in [0.1, 0.15) is 0 Å². The lowest BCUT2D eigenvalue weighted by Gasteiger charge is -2.16. The summed E-state index contributed by atoms with van der Waals surface area (Å²) in [4.78, 5) is 6.44. The first-order valence-corrected chi connectivity index (χ1v) is 8.24. The van der Waals surface area contributed by atoms with Gasteiger partial charge in [-0.15, -0.1) is 3.83 Å². The van der Waals surface area contributed by atoms with E-state index in [0.717, 1.165) is 21.8 Å². The number of fused-ring (bicyclic) bond motifs is 2. The molecule has 0 N–H and O–H groups in total. The van der Waals surface area contributed by atoms with Crippen LogP contribution in [-0.4, -0.2) is 19.1 Å². The van der Waals surface area contributed by atoms with Gasteiger partial charge in [-0.05, 0) is 24.3 Å². The average Bonchev–Trinajstić information content (AvgIpc) is 2.44. The monoisotopic (exact) mass is 348 g/mol. The summed E-state index contributed by atoms with van der Waals surface area (Å²) in [6.45, 7) is 0. The fraction of sp³-hybridized carbons (Fsp3) is 0.133. The van der Waals surface area contributed by atoms with Crippen LogP contribution in [0.1, 0.15) is 0 Å². The molecule has 0 fully saturated rings. The molecule has 5 nitrogen and oxygen atoms in total. The minimum absolute atomic E-state index is 0.324. The predicted molar refractivity (Wildman–Crippen MR) is 74.2 cm³/mol. The molecule has 1 heterocycles. The highest BCUT2D eigenvalue weighted by Crippen LogP contribution is 2.36. The number of hydrogen-bond donors (Lipinski definition) is 0. The SMILES string of the molecule is CN(C)c1c(O[Br+2]([O-])[O-])ccc2nc3ccccc3cc12. The molecule has 108 valence electrons. The average molecular weight is 349 g/mol. The Kier molecular flexibility index (Phi) is 3.67. The summed E-state index contributed by atoms with van der Waals surface area (Å²) >= 11 is -3.32. The Labute approximate surface area is 127 Å². The number of aromatic nitrogens is 1. The van der Waals surface area contributed by atoms with Gasteiger partial charge in [-0.1, -0.05) is 18.2 Å². The van der Waals surface area contributed by atoms with Gasteiger partial charge in [0.15, 0.2) is 0 Å². The van der Waals surface area contributed by atoms with Crippen LogP contribution in [0.3, 0.4) is 0 Å². The summed E-state index contributed by atoms with van der Waals surface area (Å²) in [5.74, 6) is 0.324. The van der Waals surface area contributed by atoms with E-state index in [1.54, 1.807) is 12.1 Å². The number of pyridine rings is 1. The molecule has 0 saturated heterocycles. The van der Waals surface area contributed by atoms with Crippen molar-refractivity contribution in [2.45, 2.75) is 0 Å². The van der Waals surface area contributed by atoms with Crippen LogP contribution in [0.4, 0.5) is 5.69 Å². The Balaban J connectivity index is 2.32. The van der Waals surface area contributed by atoms with Gasteiger partial charge < -0.3 is 13.3 Å². The Hall–Kier alpha value is -1.89. The van der Waals surface area contributed by atoms with Crippen molar-refractivity contribution in [3.05, 3.63) is 42.5 Å². The van der Waals surface area contributed by atoms with Crippen LogP contribution in [0.15, 0.2) is 42.5 Å². The highest BCUT2D eigenvalue weighted by molar-refractivity contribution is 6.01. The number of rotatable bonds is 3. The molecule has 3 aromatic rings. The van der Waals surface area contributed by atoms with Gasteiger partial charge in [0.05, 0.1) is 16.7 Å². The maximum atomic E-state index is 10.9. The quantitative estimate of drug-likeness (QED) is 0.658. The second-order valence-electron chi connectivity index (χ2n) is 4.82. The fourth-order valence-electron chi connectivity index (χ4n) is 2.41. The third-order valence-electron chi connectivity index (χ3n) is 3.23. The van der Waals surface area contributed by atoms with Gasteiger partial charge in [0.25, 0.3) is 5.75 Å². The predicted octanol–water partition coefficient (Wildman–Crippen LogP) is 0.919. The van der Waals surface area contributed by atoms with Crippen molar-refractivity contribution in [1.29, 1.82) is 0 Å². The molecule has 0 aliphatic carbocycles. The first kappa shape index (κ1) is 14.1. The molecule has 0 saturated carbocycles. The lowest BCUT2D eigenvalue weighted by Crippen LogP contribution is -2.37. The van der Waals surface area contributed by atoms with Crippen molar-refractivity contribution < 1.29 is 27.0 Å². The number of halogens is 1. The van der Waals surface area contributed by atoms with Crippen LogP contribution in [0.2, 0.25) is 0 Å². The van der Waals surface area contributed by atoms with Crippen LogP contribution < -0.4 is 17.1 Å². The van der Waals surface area contributed by atoms with Crippen molar-refractivity contribution in [2.24, 2.45) is 0 Å². The Morgan fingerprint density at radius 2 is 1.81 bits per heavy atom. The molecule has 0 radical (unpaired) electrons. The number of hydrogen-bond acceptors (Lipinski definition) is 5. The van der Waals surface area contributed by atoms with E-state index in [-0.39, 0.29) is 0 Å². The van der Waals surface area contributed by atoms with E-state index in [4.69, 9.17) is 3.83 Å². The molecule has 0 aliphatic heterocycles. The van der Waals surface area contributed by atoms with E-state index in [1.807, 2.05) is 49.3 Å². The van der Waals surface area contributed by atoms with Gasteiger partial charge >= 0.3 is 14.8 Å². The first-order valence-electron chi connectivity index (χ1n) is 6.30. The van der Waals surface area contributed by atoms with E-state index in [2.05, 4.69) is 4.98 Å². The van der Waals surface area contributed by atoms with Gasteiger partial charge in [-0.25, -0.2) is 4.98 Å². The lowest BCUT2D eigenvalue weighted by molar-refractivity contribution is -1.62. The molecule has 0 atom stereocenters. The van der Waals surface area contributed by atoms with E-state index in [1.165, 1.54) is 0 Å². The second kappa shape index (κ2) is 5.48. The van der Waals surface area contributed by atoms with Crippen LogP contribution >= 0.6 is 0 Å². The molecule has 0 aliphatic rings. The lowest BCUT2D eigenvalue weighted by atomic mass is 10.1. The van der Waals surface area contributed by atoms with Crippen LogP contribution in [-0.2, 0) is 0 Å². The number of nitrogens with zero attached hydrogens (tertiary/aromatic N) is 2. The molecule has 1 aromatic heterocycles. The highest BCUT2D eigenvalue weighted by atomic mass is 80.0. The smallest absolute Gasteiger partial charge is 0.374 e. The Bertz CT molecular complexity index is 805. The minimum atomic E-state index is -3.32. The zero-order valence-electron chi connectivity index (χ0n) is 11.5. The van der Waals surface area contributed by atoms with E-state index in [0.29, 0.717) is 11.4 Å². The van der Waals surface area contributed by atoms with Crippen LogP contribution in [0.25, 0.3) is 21.8 Å². The number of anilines is 1. The summed E-state index contributed by atoms with van der Waals surface area (Å²) in [6.07, 6.45) is 0. The number of benzene rings is 2. The molecule has 2 aromatic carbocycles. The summed E-state index contributed by atoms with van der Waals surface area (Å²) in [6, 6.07) is 13.2. The minimum Gasteiger partial charge on any atom is -0.374 e. The maximum Gasteiger partial charge on any atom is 0.501 e. The van der Waals surface area contributed by atoms with Crippen molar-refractivity contribution in [2.75, 3.05) is 19.0 Å². The fourth-order valence-corrected chi connectivity index (χ4v) is 2.95. The molecule has 0 spiro atoms. The molecule has 0 unspecified atom stereocenters. The summed E-state index contributed by atoms with van der Waals surface area (Å²) in [5, 5.41) is 1.86. The van der Waals surface area contributed by atoms with Gasteiger partial charge in [-0.3, -0.25) is 0 Å². The zero-order valence-corrected chi connectivity index (χ0v) is 13.1. The molecule has 3 rings (SSSR count). The van der Waals surface area contributed by atoms with Gasteiger partial charge in [0, 0.05) is 24.9 Å². The third-order valence-corrected chi connectivity index (χ3v) is 3.84.